The van der Waals surface area contributed by atoms with Gasteiger partial charge in [-0.2, -0.15) is 0 Å². The molecular weight excluding hydrogens is 314 g/mol. The van der Waals surface area contributed by atoms with Gasteiger partial charge in [-0.05, 0) is 27.7 Å². The molecule has 7 heteroatoms. The maximum absolute atomic E-state index is 4.62. The van der Waals surface area contributed by atoms with Crippen molar-refractivity contribution in [3.05, 3.63) is 31.7 Å². The standard InChI is InChI=1S/C15H23N5S2/c1-5-16-15(18-8-13-11(3)19-9-21-13)17-7-6-14-20-10(2)12(4)22-14/h9H,5-8H2,1-4H3,(H2,16,17,18). The molecule has 0 atom stereocenters. The molecule has 0 amide bonds. The van der Waals surface area contributed by atoms with E-state index in [1.807, 2.05) is 12.4 Å². The molecule has 0 aliphatic heterocycles. The SMILES string of the molecule is CCNC(=NCc1scnc1C)NCCc1nc(C)c(C)s1. The number of aromatic nitrogens is 2. The molecule has 0 aliphatic carbocycles. The van der Waals surface area contributed by atoms with E-state index >= 15 is 0 Å². The minimum Gasteiger partial charge on any atom is -0.357 e. The first-order valence-corrected chi connectivity index (χ1v) is 9.13. The predicted molar refractivity (Wildman–Crippen MR) is 95.0 cm³/mol. The van der Waals surface area contributed by atoms with Gasteiger partial charge in [0.15, 0.2) is 5.96 Å². The van der Waals surface area contributed by atoms with Crippen LogP contribution in [0.4, 0.5) is 0 Å². The van der Waals surface area contributed by atoms with Gasteiger partial charge in [-0.15, -0.1) is 22.7 Å². The van der Waals surface area contributed by atoms with E-state index in [1.165, 1.54) is 14.8 Å². The molecule has 0 saturated carbocycles. The van der Waals surface area contributed by atoms with E-state index < -0.39 is 0 Å². The first-order chi connectivity index (χ1) is 10.6. The Morgan fingerprint density at radius 3 is 2.64 bits per heavy atom. The van der Waals surface area contributed by atoms with Crippen LogP contribution in [0.1, 0.15) is 33.1 Å². The summed E-state index contributed by atoms with van der Waals surface area (Å²) in [5, 5.41) is 7.82. The molecule has 0 aliphatic rings. The molecule has 0 saturated heterocycles. The van der Waals surface area contributed by atoms with Crippen LogP contribution in [-0.2, 0) is 13.0 Å². The quantitative estimate of drug-likeness (QED) is 0.628. The molecule has 0 radical (unpaired) electrons. The van der Waals surface area contributed by atoms with Crippen LogP contribution in [0.15, 0.2) is 10.5 Å². The van der Waals surface area contributed by atoms with E-state index in [0.29, 0.717) is 6.54 Å². The highest BCUT2D eigenvalue weighted by Gasteiger charge is 2.05. The van der Waals surface area contributed by atoms with Crippen LogP contribution in [-0.4, -0.2) is 29.0 Å². The topological polar surface area (TPSA) is 62.2 Å². The Morgan fingerprint density at radius 1 is 1.23 bits per heavy atom. The molecule has 0 bridgehead atoms. The second-order valence-electron chi connectivity index (χ2n) is 4.98. The summed E-state index contributed by atoms with van der Waals surface area (Å²) in [6.07, 6.45) is 0.920. The van der Waals surface area contributed by atoms with E-state index in [-0.39, 0.29) is 0 Å². The highest BCUT2D eigenvalue weighted by molar-refractivity contribution is 7.11. The van der Waals surface area contributed by atoms with E-state index in [2.05, 4.69) is 46.4 Å². The van der Waals surface area contributed by atoms with Crippen molar-refractivity contribution in [3.8, 4) is 0 Å². The van der Waals surface area contributed by atoms with Gasteiger partial charge < -0.3 is 10.6 Å². The van der Waals surface area contributed by atoms with E-state index in [1.54, 1.807) is 22.7 Å². The smallest absolute Gasteiger partial charge is 0.191 e. The van der Waals surface area contributed by atoms with Gasteiger partial charge in [0.25, 0.3) is 0 Å². The van der Waals surface area contributed by atoms with Crippen molar-refractivity contribution in [2.75, 3.05) is 13.1 Å². The Morgan fingerprint density at radius 2 is 2.05 bits per heavy atom. The van der Waals surface area contributed by atoms with Gasteiger partial charge in [0, 0.05) is 29.3 Å². The molecule has 0 aromatic carbocycles. The molecule has 0 fully saturated rings. The summed E-state index contributed by atoms with van der Waals surface area (Å²) in [4.78, 5) is 15.9. The number of thiazole rings is 2. The number of nitrogens with one attached hydrogen (secondary N) is 2. The molecule has 22 heavy (non-hydrogen) atoms. The Kier molecular flexibility index (Phi) is 6.33. The largest absolute Gasteiger partial charge is 0.357 e. The maximum Gasteiger partial charge on any atom is 0.191 e. The monoisotopic (exact) mass is 337 g/mol. The average molecular weight is 338 g/mol. The van der Waals surface area contributed by atoms with Gasteiger partial charge in [0.05, 0.1) is 28.5 Å². The lowest BCUT2D eigenvalue weighted by Gasteiger charge is -2.10. The second kappa shape index (κ2) is 8.24. The van der Waals surface area contributed by atoms with Crippen LogP contribution in [0, 0.1) is 20.8 Å². The van der Waals surface area contributed by atoms with Crippen LogP contribution >= 0.6 is 22.7 Å². The predicted octanol–water partition coefficient (Wildman–Crippen LogP) is 2.82. The summed E-state index contributed by atoms with van der Waals surface area (Å²) in [6, 6.07) is 0. The lowest BCUT2D eigenvalue weighted by Crippen LogP contribution is -2.38. The summed E-state index contributed by atoms with van der Waals surface area (Å²) in [7, 11) is 0. The second-order valence-corrected chi connectivity index (χ2v) is 7.21. The Labute approximate surface area is 139 Å². The molecule has 0 unspecified atom stereocenters. The molecule has 2 N–H and O–H groups in total. The number of guanidine groups is 1. The number of nitrogens with zero attached hydrogens (tertiary/aromatic N) is 3. The zero-order valence-electron chi connectivity index (χ0n) is 13.6. The normalized spacial score (nSPS) is 11.7. The fourth-order valence-corrected chi connectivity index (χ4v) is 3.54. The van der Waals surface area contributed by atoms with E-state index in [0.717, 1.165) is 36.9 Å². The van der Waals surface area contributed by atoms with E-state index in [4.69, 9.17) is 0 Å². The van der Waals surface area contributed by atoms with Gasteiger partial charge >= 0.3 is 0 Å². The molecule has 120 valence electrons. The third kappa shape index (κ3) is 4.78. The zero-order chi connectivity index (χ0) is 15.9. The van der Waals surface area contributed by atoms with E-state index in [9.17, 15) is 0 Å². The molecule has 2 aromatic rings. The summed E-state index contributed by atoms with van der Waals surface area (Å²) in [6.45, 7) is 10.6. The summed E-state index contributed by atoms with van der Waals surface area (Å²) in [5.74, 6) is 0.848. The number of rotatable bonds is 6. The van der Waals surface area contributed by atoms with Crippen LogP contribution in [0.5, 0.6) is 0 Å². The Balaban J connectivity index is 1.87. The fourth-order valence-electron chi connectivity index (χ4n) is 1.90. The molecule has 2 heterocycles. The van der Waals surface area contributed by atoms with Crippen molar-refractivity contribution < 1.29 is 0 Å². The highest BCUT2D eigenvalue weighted by atomic mass is 32.1. The zero-order valence-corrected chi connectivity index (χ0v) is 15.2. The van der Waals surface area contributed by atoms with Crippen LogP contribution < -0.4 is 10.6 Å². The van der Waals surface area contributed by atoms with Crippen LogP contribution in [0.3, 0.4) is 0 Å². The van der Waals surface area contributed by atoms with Gasteiger partial charge in [0.2, 0.25) is 0 Å². The molecule has 0 spiro atoms. The minimum atomic E-state index is 0.668. The van der Waals surface area contributed by atoms with Crippen LogP contribution in [0.25, 0.3) is 0 Å². The Hall–Kier alpha value is -1.47. The molecule has 2 aromatic heterocycles. The molecule has 2 rings (SSSR count). The molecular formula is C15H23N5S2. The van der Waals surface area contributed by atoms with Crippen molar-refractivity contribution in [2.45, 2.75) is 40.7 Å². The first-order valence-electron chi connectivity index (χ1n) is 7.44. The van der Waals surface area contributed by atoms with Crippen molar-refractivity contribution >= 4 is 28.6 Å². The number of aryl methyl sites for hydroxylation is 3. The highest BCUT2D eigenvalue weighted by Crippen LogP contribution is 2.16. The molecule has 5 nitrogen and oxygen atoms in total. The lowest BCUT2D eigenvalue weighted by molar-refractivity contribution is 0.796. The average Bonchev–Trinajstić information content (AvgIpc) is 3.02. The summed E-state index contributed by atoms with van der Waals surface area (Å²) in [5.41, 5.74) is 4.08. The van der Waals surface area contributed by atoms with Crippen LogP contribution in [0.2, 0.25) is 0 Å². The Bertz CT molecular complexity index is 610. The van der Waals surface area contributed by atoms with Gasteiger partial charge in [-0.1, -0.05) is 0 Å². The number of aliphatic imine (C=N–C) groups is 1. The third-order valence-corrected chi connectivity index (χ3v) is 5.33. The number of hydrogen-bond acceptors (Lipinski definition) is 5. The van der Waals surface area contributed by atoms with Crippen molar-refractivity contribution in [1.82, 2.24) is 20.6 Å². The fraction of sp³-hybridized carbons (Fsp3) is 0.533. The third-order valence-electron chi connectivity index (χ3n) is 3.27. The maximum atomic E-state index is 4.62. The minimum absolute atomic E-state index is 0.668. The van der Waals surface area contributed by atoms with Crippen molar-refractivity contribution in [2.24, 2.45) is 4.99 Å². The number of hydrogen-bond donors (Lipinski definition) is 2. The van der Waals surface area contributed by atoms with Crippen molar-refractivity contribution in [3.63, 3.8) is 0 Å². The van der Waals surface area contributed by atoms with Gasteiger partial charge in [-0.3, -0.25) is 0 Å². The van der Waals surface area contributed by atoms with Crippen molar-refractivity contribution in [1.29, 1.82) is 0 Å². The van der Waals surface area contributed by atoms with Gasteiger partial charge in [-0.25, -0.2) is 15.0 Å². The summed E-state index contributed by atoms with van der Waals surface area (Å²) >= 11 is 3.43. The lowest BCUT2D eigenvalue weighted by atomic mass is 10.4. The first kappa shape index (κ1) is 16.9. The summed E-state index contributed by atoms with van der Waals surface area (Å²) < 4.78 is 0. The van der Waals surface area contributed by atoms with Gasteiger partial charge in [0.1, 0.15) is 0 Å².